The van der Waals surface area contributed by atoms with Crippen LogP contribution >= 0.6 is 0 Å². The third-order valence-electron chi connectivity index (χ3n) is 5.36. The Balaban J connectivity index is 0.000000920. The fourth-order valence-corrected chi connectivity index (χ4v) is 3.84. The lowest BCUT2D eigenvalue weighted by Crippen LogP contribution is -2.50. The van der Waals surface area contributed by atoms with Crippen molar-refractivity contribution < 1.29 is 9.53 Å². The molecule has 1 atom stereocenters. The molecule has 0 bridgehead atoms. The molecule has 1 unspecified atom stereocenters. The molecule has 0 aliphatic carbocycles. The maximum atomic E-state index is 12.8. The average molecular weight is 447 g/mol. The number of benzene rings is 1. The van der Waals surface area contributed by atoms with Crippen molar-refractivity contribution in [3.05, 3.63) is 35.9 Å². The molecule has 1 heterocycles. The van der Waals surface area contributed by atoms with Crippen LogP contribution in [0.5, 0.6) is 0 Å². The van der Waals surface area contributed by atoms with E-state index in [1.165, 1.54) is 12.0 Å². The van der Waals surface area contributed by atoms with Crippen LogP contribution < -0.4 is 5.32 Å². The second-order valence-corrected chi connectivity index (χ2v) is 12.3. The molecule has 1 saturated heterocycles. The number of amides is 1. The van der Waals surface area contributed by atoms with E-state index in [2.05, 4.69) is 77.2 Å². The van der Waals surface area contributed by atoms with Crippen molar-refractivity contribution in [1.29, 1.82) is 0 Å². The fraction of sp³-hybridized carbons (Fsp3) is 0.750. The quantitative estimate of drug-likeness (QED) is 0.489. The summed E-state index contributed by atoms with van der Waals surface area (Å²) >= 11 is 0. The van der Waals surface area contributed by atoms with E-state index in [0.29, 0.717) is 11.3 Å². The van der Waals surface area contributed by atoms with Crippen molar-refractivity contribution in [3.8, 4) is 0 Å². The van der Waals surface area contributed by atoms with Gasteiger partial charge in [-0.1, -0.05) is 64.4 Å². The molecule has 1 N–H and O–H groups in total. The second-order valence-electron chi connectivity index (χ2n) is 12.3. The summed E-state index contributed by atoms with van der Waals surface area (Å²) < 4.78 is 5.69. The van der Waals surface area contributed by atoms with Gasteiger partial charge in [0.15, 0.2) is 0 Å². The maximum absolute atomic E-state index is 12.8. The van der Waals surface area contributed by atoms with Crippen molar-refractivity contribution in [3.63, 3.8) is 0 Å². The highest BCUT2D eigenvalue weighted by Gasteiger charge is 2.33. The molecule has 2 rings (SSSR count). The molecule has 0 saturated carbocycles. The minimum absolute atomic E-state index is 0.191. The largest absolute Gasteiger partial charge is 0.444 e. The summed E-state index contributed by atoms with van der Waals surface area (Å²) in [5.74, 6) is 0.573. The first-order valence-electron chi connectivity index (χ1n) is 12.5. The molecule has 1 fully saturated rings. The third-order valence-corrected chi connectivity index (χ3v) is 5.36. The summed E-state index contributed by atoms with van der Waals surface area (Å²) in [4.78, 5) is 14.8. The Bertz CT molecular complexity index is 650. The second kappa shape index (κ2) is 12.6. The molecule has 4 nitrogen and oxygen atoms in total. The first kappa shape index (κ1) is 28.5. The fourth-order valence-electron chi connectivity index (χ4n) is 3.84. The van der Waals surface area contributed by atoms with Crippen LogP contribution in [-0.2, 0) is 4.74 Å². The van der Waals surface area contributed by atoms with Gasteiger partial charge in [0.25, 0.3) is 0 Å². The van der Waals surface area contributed by atoms with Crippen LogP contribution in [0.3, 0.4) is 0 Å². The number of carbonyl (C=O) groups is 1. The van der Waals surface area contributed by atoms with E-state index in [4.69, 9.17) is 4.74 Å². The summed E-state index contributed by atoms with van der Waals surface area (Å²) in [7, 11) is 0. The zero-order valence-corrected chi connectivity index (χ0v) is 22.4. The van der Waals surface area contributed by atoms with E-state index in [0.717, 1.165) is 45.3 Å². The number of carbonyl (C=O) groups excluding carboxylic acids is 1. The highest BCUT2D eigenvalue weighted by molar-refractivity contribution is 5.69. The lowest BCUT2D eigenvalue weighted by atomic mass is 9.87. The Kier molecular flexibility index (Phi) is 11.2. The lowest BCUT2D eigenvalue weighted by Gasteiger charge is -2.40. The molecular weight excluding hydrogens is 396 g/mol. The Morgan fingerprint density at radius 1 is 0.969 bits per heavy atom. The van der Waals surface area contributed by atoms with Gasteiger partial charge in [-0.05, 0) is 90.3 Å². The summed E-state index contributed by atoms with van der Waals surface area (Å²) in [6.45, 7) is 21.6. The number of hydrogen-bond donors (Lipinski definition) is 1. The van der Waals surface area contributed by atoms with Crippen molar-refractivity contribution in [1.82, 2.24) is 10.2 Å². The molecule has 0 radical (unpaired) electrons. The van der Waals surface area contributed by atoms with E-state index in [9.17, 15) is 4.79 Å². The monoisotopic (exact) mass is 446 g/mol. The van der Waals surface area contributed by atoms with Crippen molar-refractivity contribution in [2.45, 2.75) is 111 Å². The Morgan fingerprint density at radius 3 is 2.12 bits per heavy atom. The standard InChI is InChI=1S/C23H38N2O2.C5H12/c1-22(2,3)27-21(26)25-18-10-16-24-17-14-20(13-9-15-23(25,4)5)19-11-7-6-8-12-19;1-5(2,3)4/h6-8,11-12,20,24H,9-10,13-18H2,1-5H3;1-4H3. The first-order chi connectivity index (χ1) is 14.7. The topological polar surface area (TPSA) is 41.6 Å². The molecule has 1 aliphatic rings. The maximum Gasteiger partial charge on any atom is 0.410 e. The van der Waals surface area contributed by atoms with Gasteiger partial charge in [-0.15, -0.1) is 0 Å². The number of nitrogens with one attached hydrogen (secondary N) is 1. The molecule has 1 aliphatic heterocycles. The van der Waals surface area contributed by atoms with E-state index in [-0.39, 0.29) is 11.6 Å². The summed E-state index contributed by atoms with van der Waals surface area (Å²) in [6, 6.07) is 10.8. The van der Waals surface area contributed by atoms with Gasteiger partial charge in [-0.2, -0.15) is 0 Å². The van der Waals surface area contributed by atoms with E-state index in [1.807, 2.05) is 25.7 Å². The average Bonchev–Trinajstić information content (AvgIpc) is 2.62. The molecule has 32 heavy (non-hydrogen) atoms. The van der Waals surface area contributed by atoms with Gasteiger partial charge in [0.05, 0.1) is 0 Å². The molecule has 0 aromatic heterocycles. The van der Waals surface area contributed by atoms with Crippen LogP contribution in [0.1, 0.15) is 106 Å². The van der Waals surface area contributed by atoms with Gasteiger partial charge in [0.1, 0.15) is 5.60 Å². The molecular formula is C28H50N2O2. The number of hydrogen-bond acceptors (Lipinski definition) is 3. The number of rotatable bonds is 1. The van der Waals surface area contributed by atoms with E-state index in [1.54, 1.807) is 0 Å². The highest BCUT2D eigenvalue weighted by atomic mass is 16.6. The number of ether oxygens (including phenoxy) is 1. The van der Waals surface area contributed by atoms with Gasteiger partial charge in [-0.25, -0.2) is 4.79 Å². The zero-order valence-electron chi connectivity index (χ0n) is 22.4. The Labute approximate surface area is 198 Å². The van der Waals surface area contributed by atoms with Crippen LogP contribution in [0.4, 0.5) is 4.79 Å². The molecule has 1 aromatic rings. The predicted octanol–water partition coefficient (Wildman–Crippen LogP) is 7.39. The summed E-state index contributed by atoms with van der Waals surface area (Å²) in [6.07, 6.45) is 5.16. The van der Waals surface area contributed by atoms with E-state index < -0.39 is 5.60 Å². The van der Waals surface area contributed by atoms with Crippen LogP contribution in [0.15, 0.2) is 30.3 Å². The van der Waals surface area contributed by atoms with Gasteiger partial charge < -0.3 is 15.0 Å². The Hall–Kier alpha value is -1.55. The SMILES string of the molecule is CC(C)(C)C.CC(C)(C)OC(=O)N1CCCNCCC(c2ccccc2)CCCC1(C)C. The predicted molar refractivity (Wildman–Crippen MR) is 137 cm³/mol. The van der Waals surface area contributed by atoms with Crippen molar-refractivity contribution >= 4 is 6.09 Å². The first-order valence-corrected chi connectivity index (χ1v) is 12.5. The Morgan fingerprint density at radius 2 is 1.56 bits per heavy atom. The number of nitrogens with zero attached hydrogens (tertiary/aromatic N) is 1. The van der Waals surface area contributed by atoms with Crippen LogP contribution in [-0.4, -0.2) is 41.8 Å². The van der Waals surface area contributed by atoms with Gasteiger partial charge in [0.2, 0.25) is 0 Å². The minimum atomic E-state index is -0.465. The minimum Gasteiger partial charge on any atom is -0.444 e. The normalized spacial score (nSPS) is 20.8. The van der Waals surface area contributed by atoms with Crippen LogP contribution in [0.25, 0.3) is 0 Å². The zero-order chi connectivity index (χ0) is 24.4. The van der Waals surface area contributed by atoms with E-state index >= 15 is 0 Å². The summed E-state index contributed by atoms with van der Waals surface area (Å²) in [5.41, 5.74) is 1.26. The molecule has 4 heteroatoms. The van der Waals surface area contributed by atoms with Gasteiger partial charge in [-0.3, -0.25) is 0 Å². The highest BCUT2D eigenvalue weighted by Crippen LogP contribution is 2.30. The molecule has 0 spiro atoms. The smallest absolute Gasteiger partial charge is 0.410 e. The van der Waals surface area contributed by atoms with Crippen molar-refractivity contribution in [2.75, 3.05) is 19.6 Å². The van der Waals surface area contributed by atoms with Crippen LogP contribution in [0, 0.1) is 5.41 Å². The lowest BCUT2D eigenvalue weighted by molar-refractivity contribution is 0.000670. The third kappa shape index (κ3) is 12.5. The van der Waals surface area contributed by atoms with Crippen molar-refractivity contribution in [2.24, 2.45) is 5.41 Å². The van der Waals surface area contributed by atoms with Gasteiger partial charge in [0, 0.05) is 12.1 Å². The molecule has 1 amide bonds. The molecule has 184 valence electrons. The van der Waals surface area contributed by atoms with Crippen LogP contribution in [0.2, 0.25) is 0 Å². The van der Waals surface area contributed by atoms with Gasteiger partial charge >= 0.3 is 6.09 Å². The summed E-state index contributed by atoms with van der Waals surface area (Å²) in [5, 5.41) is 3.56. The molecule has 1 aromatic carbocycles.